The van der Waals surface area contributed by atoms with Crippen molar-refractivity contribution in [2.75, 3.05) is 20.3 Å². The topological polar surface area (TPSA) is 56.5 Å². The summed E-state index contributed by atoms with van der Waals surface area (Å²) >= 11 is 0. The number of halogens is 1. The largest absolute Gasteiger partial charge is 0.485 e. The maximum atomic E-state index is 13.6. The van der Waals surface area contributed by atoms with Crippen LogP contribution >= 0.6 is 0 Å². The van der Waals surface area contributed by atoms with Crippen molar-refractivity contribution in [1.82, 2.24) is 10.5 Å². The maximum absolute atomic E-state index is 13.6. The molecule has 1 aromatic heterocycles. The zero-order chi connectivity index (χ0) is 15.1. The van der Waals surface area contributed by atoms with Crippen LogP contribution in [0, 0.1) is 12.7 Å². The lowest BCUT2D eigenvalue weighted by atomic mass is 10.2. The second-order valence-electron chi connectivity index (χ2n) is 4.69. The Bertz CT molecular complexity index is 572. The van der Waals surface area contributed by atoms with Gasteiger partial charge in [0.1, 0.15) is 18.2 Å². The number of hydrogen-bond acceptors (Lipinski definition) is 5. The van der Waals surface area contributed by atoms with Crippen molar-refractivity contribution in [3.05, 3.63) is 47.1 Å². The molecule has 6 heteroatoms. The summed E-state index contributed by atoms with van der Waals surface area (Å²) in [6.07, 6.45) is 0. The fourth-order valence-corrected chi connectivity index (χ4v) is 1.85. The minimum atomic E-state index is -0.329. The van der Waals surface area contributed by atoms with Gasteiger partial charge in [0.2, 0.25) is 0 Å². The second-order valence-corrected chi connectivity index (χ2v) is 4.69. The molecule has 0 aliphatic heterocycles. The van der Waals surface area contributed by atoms with Crippen LogP contribution < -0.4 is 10.1 Å². The second kappa shape index (κ2) is 7.75. The number of aromatic nitrogens is 1. The standard InChI is InChI=1S/C15H19FN2O3/c1-11-5-15(21-18-11)10-20-14-7-12(6-13(16)8-14)9-17-3-4-19-2/h5-8,17H,3-4,9-10H2,1-2H3. The Morgan fingerprint density at radius 2 is 2.14 bits per heavy atom. The van der Waals surface area contributed by atoms with Gasteiger partial charge in [-0.3, -0.25) is 0 Å². The monoisotopic (exact) mass is 294 g/mol. The van der Waals surface area contributed by atoms with Crippen LogP contribution in [0.15, 0.2) is 28.8 Å². The average molecular weight is 294 g/mol. The minimum Gasteiger partial charge on any atom is -0.485 e. The Hall–Kier alpha value is -1.92. The molecule has 1 heterocycles. The Labute approximate surface area is 123 Å². The van der Waals surface area contributed by atoms with Gasteiger partial charge in [0.25, 0.3) is 0 Å². The first-order chi connectivity index (χ1) is 10.2. The third-order valence-corrected chi connectivity index (χ3v) is 2.80. The van der Waals surface area contributed by atoms with Gasteiger partial charge in [0.15, 0.2) is 5.76 Å². The number of ether oxygens (including phenoxy) is 2. The highest BCUT2D eigenvalue weighted by atomic mass is 19.1. The predicted octanol–water partition coefficient (Wildman–Crippen LogP) is 2.44. The Morgan fingerprint density at radius 3 is 2.86 bits per heavy atom. The lowest BCUT2D eigenvalue weighted by molar-refractivity contribution is 0.199. The van der Waals surface area contributed by atoms with E-state index >= 15 is 0 Å². The third kappa shape index (κ3) is 5.17. The van der Waals surface area contributed by atoms with Crippen LogP contribution in [-0.2, 0) is 17.9 Å². The molecule has 1 aromatic carbocycles. The summed E-state index contributed by atoms with van der Waals surface area (Å²) in [5, 5.41) is 6.93. The summed E-state index contributed by atoms with van der Waals surface area (Å²) < 4.78 is 29.1. The van der Waals surface area contributed by atoms with Gasteiger partial charge >= 0.3 is 0 Å². The molecular weight excluding hydrogens is 275 g/mol. The van der Waals surface area contributed by atoms with Gasteiger partial charge in [0, 0.05) is 32.3 Å². The molecule has 0 aliphatic rings. The highest BCUT2D eigenvalue weighted by molar-refractivity contribution is 5.29. The first kappa shape index (κ1) is 15.5. The molecule has 114 valence electrons. The lowest BCUT2D eigenvalue weighted by Gasteiger charge is -2.08. The maximum Gasteiger partial charge on any atom is 0.174 e. The van der Waals surface area contributed by atoms with E-state index in [9.17, 15) is 4.39 Å². The van der Waals surface area contributed by atoms with E-state index in [2.05, 4.69) is 10.5 Å². The van der Waals surface area contributed by atoms with E-state index in [1.165, 1.54) is 12.1 Å². The molecule has 1 N–H and O–H groups in total. The molecule has 2 aromatic rings. The van der Waals surface area contributed by atoms with E-state index in [0.29, 0.717) is 31.2 Å². The molecule has 21 heavy (non-hydrogen) atoms. The van der Waals surface area contributed by atoms with E-state index in [1.807, 2.05) is 6.92 Å². The van der Waals surface area contributed by atoms with Crippen molar-refractivity contribution in [3.63, 3.8) is 0 Å². The molecule has 0 saturated carbocycles. The van der Waals surface area contributed by atoms with Crippen molar-refractivity contribution in [1.29, 1.82) is 0 Å². The molecular formula is C15H19FN2O3. The normalized spacial score (nSPS) is 10.8. The van der Waals surface area contributed by atoms with E-state index in [4.69, 9.17) is 14.0 Å². The number of methoxy groups -OCH3 is 1. The zero-order valence-corrected chi connectivity index (χ0v) is 12.2. The van der Waals surface area contributed by atoms with Crippen molar-refractivity contribution >= 4 is 0 Å². The lowest BCUT2D eigenvalue weighted by Crippen LogP contribution is -2.18. The van der Waals surface area contributed by atoms with Gasteiger partial charge in [-0.2, -0.15) is 0 Å². The van der Waals surface area contributed by atoms with Crippen LogP contribution in [0.3, 0.4) is 0 Å². The number of rotatable bonds is 8. The fourth-order valence-electron chi connectivity index (χ4n) is 1.85. The smallest absolute Gasteiger partial charge is 0.174 e. The Morgan fingerprint density at radius 1 is 1.29 bits per heavy atom. The molecule has 0 bridgehead atoms. The zero-order valence-electron chi connectivity index (χ0n) is 12.2. The molecule has 0 fully saturated rings. The summed E-state index contributed by atoms with van der Waals surface area (Å²) in [7, 11) is 1.64. The van der Waals surface area contributed by atoms with Crippen molar-refractivity contribution < 1.29 is 18.4 Å². The number of benzene rings is 1. The van der Waals surface area contributed by atoms with Crippen LogP contribution in [-0.4, -0.2) is 25.4 Å². The summed E-state index contributed by atoms with van der Waals surface area (Å²) in [5.74, 6) is 0.744. The van der Waals surface area contributed by atoms with Crippen molar-refractivity contribution in [3.8, 4) is 5.75 Å². The molecule has 0 amide bonds. The van der Waals surface area contributed by atoms with Crippen molar-refractivity contribution in [2.45, 2.75) is 20.1 Å². The quantitative estimate of drug-likeness (QED) is 0.758. The van der Waals surface area contributed by atoms with E-state index in [-0.39, 0.29) is 12.4 Å². The van der Waals surface area contributed by atoms with Gasteiger partial charge in [0.05, 0.1) is 12.3 Å². The van der Waals surface area contributed by atoms with Crippen LogP contribution in [0.4, 0.5) is 4.39 Å². The Kier molecular flexibility index (Phi) is 5.71. The van der Waals surface area contributed by atoms with Gasteiger partial charge in [-0.1, -0.05) is 5.16 Å². The van der Waals surface area contributed by atoms with Gasteiger partial charge in [-0.05, 0) is 24.6 Å². The highest BCUT2D eigenvalue weighted by Crippen LogP contribution is 2.18. The predicted molar refractivity (Wildman–Crippen MR) is 75.6 cm³/mol. The molecule has 0 spiro atoms. The van der Waals surface area contributed by atoms with E-state index in [0.717, 1.165) is 11.3 Å². The SMILES string of the molecule is COCCNCc1cc(F)cc(OCc2cc(C)no2)c1. The molecule has 2 rings (SSSR count). The third-order valence-electron chi connectivity index (χ3n) is 2.80. The summed E-state index contributed by atoms with van der Waals surface area (Å²) in [5.41, 5.74) is 1.60. The van der Waals surface area contributed by atoms with Gasteiger partial charge in [-0.15, -0.1) is 0 Å². The number of hydrogen-bond donors (Lipinski definition) is 1. The minimum absolute atomic E-state index is 0.223. The van der Waals surface area contributed by atoms with E-state index in [1.54, 1.807) is 19.2 Å². The number of aryl methyl sites for hydroxylation is 1. The summed E-state index contributed by atoms with van der Waals surface area (Å²) in [6.45, 7) is 3.93. The van der Waals surface area contributed by atoms with Crippen LogP contribution in [0.1, 0.15) is 17.0 Å². The van der Waals surface area contributed by atoms with Crippen LogP contribution in [0.5, 0.6) is 5.75 Å². The molecule has 5 nitrogen and oxygen atoms in total. The van der Waals surface area contributed by atoms with Gasteiger partial charge < -0.3 is 19.3 Å². The first-order valence-electron chi connectivity index (χ1n) is 6.71. The van der Waals surface area contributed by atoms with Crippen molar-refractivity contribution in [2.24, 2.45) is 0 Å². The number of nitrogens with zero attached hydrogens (tertiary/aromatic N) is 1. The molecule has 0 saturated heterocycles. The molecule has 0 aliphatic carbocycles. The summed E-state index contributed by atoms with van der Waals surface area (Å²) in [6, 6.07) is 6.41. The van der Waals surface area contributed by atoms with Crippen LogP contribution in [0.2, 0.25) is 0 Å². The van der Waals surface area contributed by atoms with Gasteiger partial charge in [-0.25, -0.2) is 4.39 Å². The fraction of sp³-hybridized carbons (Fsp3) is 0.400. The Balaban J connectivity index is 1.91. The first-order valence-corrected chi connectivity index (χ1v) is 6.71. The molecule has 0 unspecified atom stereocenters. The summed E-state index contributed by atoms with van der Waals surface area (Å²) in [4.78, 5) is 0. The highest BCUT2D eigenvalue weighted by Gasteiger charge is 2.05. The molecule has 0 atom stereocenters. The van der Waals surface area contributed by atoms with Crippen LogP contribution in [0.25, 0.3) is 0 Å². The molecule has 0 radical (unpaired) electrons. The number of nitrogens with one attached hydrogen (secondary N) is 1. The van der Waals surface area contributed by atoms with E-state index < -0.39 is 0 Å². The average Bonchev–Trinajstić information content (AvgIpc) is 2.87.